The normalized spacial score (nSPS) is 10.9. The molecule has 0 aliphatic rings. The fourth-order valence-corrected chi connectivity index (χ4v) is 4.52. The van der Waals surface area contributed by atoms with Gasteiger partial charge in [0.15, 0.2) is 5.69 Å². The van der Waals surface area contributed by atoms with E-state index in [2.05, 4.69) is 0 Å². The second kappa shape index (κ2) is 10.9. The van der Waals surface area contributed by atoms with Gasteiger partial charge in [-0.15, -0.1) is 0 Å². The summed E-state index contributed by atoms with van der Waals surface area (Å²) in [5.74, 6) is -2.11. The molecule has 7 heteroatoms. The Morgan fingerprint density at radius 3 is 2.06 bits per heavy atom. The summed E-state index contributed by atoms with van der Waals surface area (Å²) in [7, 11) is 0. The predicted molar refractivity (Wildman–Crippen MR) is 138 cm³/mol. The summed E-state index contributed by atoms with van der Waals surface area (Å²) in [5, 5.41) is 19.5. The van der Waals surface area contributed by atoms with Crippen molar-refractivity contribution in [2.24, 2.45) is 0 Å². The minimum Gasteiger partial charge on any atom is -0.478 e. The van der Waals surface area contributed by atoms with E-state index in [4.69, 9.17) is 0 Å². The standard InChI is InChI=1S/C29H28N2O5/c1-2-8-25-26(28(34)35)30(18-17-20-9-4-3-5-10-20)29(36)31(25)19-21-13-15-22(16-14-21)23-11-6-7-12-24(23)27(32)33/h3-7,9-16H,2,8,17-19H2,1H3,(H,32,33)(H,34,35). The van der Waals surface area contributed by atoms with Gasteiger partial charge in [-0.25, -0.2) is 14.4 Å². The van der Waals surface area contributed by atoms with Crippen LogP contribution in [0.15, 0.2) is 83.7 Å². The molecule has 0 bridgehead atoms. The maximum absolute atomic E-state index is 13.4. The minimum atomic E-state index is -1.11. The Balaban J connectivity index is 1.68. The number of nitrogens with zero attached hydrogens (tertiary/aromatic N) is 2. The maximum Gasteiger partial charge on any atom is 0.354 e. The second-order valence-corrected chi connectivity index (χ2v) is 8.65. The van der Waals surface area contributed by atoms with Crippen LogP contribution in [0, 0.1) is 0 Å². The van der Waals surface area contributed by atoms with Gasteiger partial charge in [0.05, 0.1) is 17.8 Å². The van der Waals surface area contributed by atoms with Crippen LogP contribution in [0.1, 0.15) is 51.0 Å². The molecule has 0 atom stereocenters. The summed E-state index contributed by atoms with van der Waals surface area (Å²) in [4.78, 5) is 37.2. The molecule has 4 rings (SSSR count). The van der Waals surface area contributed by atoms with Gasteiger partial charge in [0, 0.05) is 6.54 Å². The summed E-state index contributed by atoms with van der Waals surface area (Å²) in [6.07, 6.45) is 1.72. The van der Waals surface area contributed by atoms with Crippen LogP contribution in [0.25, 0.3) is 11.1 Å². The van der Waals surface area contributed by atoms with Gasteiger partial charge in [0.25, 0.3) is 0 Å². The van der Waals surface area contributed by atoms with Gasteiger partial charge in [-0.2, -0.15) is 0 Å². The number of benzene rings is 3. The highest BCUT2D eigenvalue weighted by molar-refractivity contribution is 5.96. The van der Waals surface area contributed by atoms with Crippen molar-refractivity contribution in [1.82, 2.24) is 9.13 Å². The zero-order chi connectivity index (χ0) is 25.7. The van der Waals surface area contributed by atoms with Crippen LogP contribution >= 0.6 is 0 Å². The lowest BCUT2D eigenvalue weighted by Gasteiger charge is -2.10. The summed E-state index contributed by atoms with van der Waals surface area (Å²) in [6.45, 7) is 2.46. The van der Waals surface area contributed by atoms with Crippen molar-refractivity contribution in [2.45, 2.75) is 39.3 Å². The molecule has 0 saturated heterocycles. The molecule has 0 amide bonds. The molecular weight excluding hydrogens is 456 g/mol. The Bertz CT molecular complexity index is 1430. The SMILES string of the molecule is CCCc1c(C(=O)O)n(CCc2ccccc2)c(=O)n1Cc1ccc(-c2ccccc2C(=O)O)cc1. The average molecular weight is 485 g/mol. The number of aromatic carboxylic acids is 2. The Kier molecular flexibility index (Phi) is 7.49. The number of imidazole rings is 1. The third-order valence-electron chi connectivity index (χ3n) is 6.25. The van der Waals surface area contributed by atoms with Crippen molar-refractivity contribution in [3.05, 3.63) is 117 Å². The average Bonchev–Trinajstić information content (AvgIpc) is 3.14. The van der Waals surface area contributed by atoms with E-state index >= 15 is 0 Å². The predicted octanol–water partition coefficient (Wildman–Crippen LogP) is 4.96. The first-order valence-corrected chi connectivity index (χ1v) is 11.9. The van der Waals surface area contributed by atoms with E-state index < -0.39 is 11.9 Å². The highest BCUT2D eigenvalue weighted by Gasteiger charge is 2.24. The van der Waals surface area contributed by atoms with Gasteiger partial charge in [0.2, 0.25) is 0 Å². The highest BCUT2D eigenvalue weighted by Crippen LogP contribution is 2.24. The van der Waals surface area contributed by atoms with Gasteiger partial charge in [-0.1, -0.05) is 86.1 Å². The lowest BCUT2D eigenvalue weighted by Crippen LogP contribution is -2.27. The zero-order valence-corrected chi connectivity index (χ0v) is 20.1. The van der Waals surface area contributed by atoms with E-state index in [0.29, 0.717) is 30.5 Å². The smallest absolute Gasteiger partial charge is 0.354 e. The van der Waals surface area contributed by atoms with Gasteiger partial charge >= 0.3 is 17.6 Å². The molecule has 0 radical (unpaired) electrons. The molecule has 2 N–H and O–H groups in total. The Labute approximate surface area is 208 Å². The third kappa shape index (κ3) is 5.15. The monoisotopic (exact) mass is 484 g/mol. The molecule has 4 aromatic rings. The number of carboxylic acid groups (broad SMARTS) is 2. The molecule has 0 aliphatic carbocycles. The molecule has 1 aromatic heterocycles. The fraction of sp³-hybridized carbons (Fsp3) is 0.207. The lowest BCUT2D eigenvalue weighted by molar-refractivity contribution is 0.0677. The quantitative estimate of drug-likeness (QED) is 0.331. The molecule has 0 fully saturated rings. The van der Waals surface area contributed by atoms with E-state index in [1.54, 1.807) is 28.8 Å². The Morgan fingerprint density at radius 2 is 1.42 bits per heavy atom. The van der Waals surface area contributed by atoms with Gasteiger partial charge in [-0.3, -0.25) is 9.13 Å². The van der Waals surface area contributed by atoms with Crippen LogP contribution in [0.2, 0.25) is 0 Å². The molecule has 0 aliphatic heterocycles. The van der Waals surface area contributed by atoms with Crippen LogP contribution in [0.3, 0.4) is 0 Å². The van der Waals surface area contributed by atoms with Crippen LogP contribution in [-0.2, 0) is 25.9 Å². The Hall–Kier alpha value is -4.39. The van der Waals surface area contributed by atoms with Crippen molar-refractivity contribution < 1.29 is 19.8 Å². The van der Waals surface area contributed by atoms with Crippen molar-refractivity contribution >= 4 is 11.9 Å². The molecule has 0 spiro atoms. The van der Waals surface area contributed by atoms with Crippen LogP contribution < -0.4 is 5.69 Å². The van der Waals surface area contributed by atoms with Crippen LogP contribution in [0.5, 0.6) is 0 Å². The number of aromatic nitrogens is 2. The van der Waals surface area contributed by atoms with Crippen LogP contribution in [-0.4, -0.2) is 31.3 Å². The van der Waals surface area contributed by atoms with Crippen LogP contribution in [0.4, 0.5) is 0 Å². The molecule has 1 heterocycles. The second-order valence-electron chi connectivity index (χ2n) is 8.65. The number of carboxylic acids is 2. The van der Waals surface area contributed by atoms with E-state index in [-0.39, 0.29) is 30.0 Å². The van der Waals surface area contributed by atoms with Crippen molar-refractivity contribution in [3.63, 3.8) is 0 Å². The molecule has 7 nitrogen and oxygen atoms in total. The molecule has 3 aromatic carbocycles. The van der Waals surface area contributed by atoms with E-state index in [9.17, 15) is 24.6 Å². The number of carbonyl (C=O) groups is 2. The van der Waals surface area contributed by atoms with Crippen molar-refractivity contribution in [3.8, 4) is 11.1 Å². The summed E-state index contributed by atoms with van der Waals surface area (Å²) >= 11 is 0. The first-order valence-electron chi connectivity index (χ1n) is 11.9. The van der Waals surface area contributed by atoms with Gasteiger partial charge in [-0.05, 0) is 41.2 Å². The summed E-state index contributed by atoms with van der Waals surface area (Å²) in [5.41, 5.74) is 3.66. The van der Waals surface area contributed by atoms with Gasteiger partial charge < -0.3 is 10.2 Å². The van der Waals surface area contributed by atoms with E-state index in [1.807, 2.05) is 61.5 Å². The van der Waals surface area contributed by atoms with E-state index in [0.717, 1.165) is 16.7 Å². The number of hydrogen-bond donors (Lipinski definition) is 2. The zero-order valence-electron chi connectivity index (χ0n) is 20.1. The number of aryl methyl sites for hydroxylation is 1. The summed E-state index contributed by atoms with van der Waals surface area (Å²) < 4.78 is 2.93. The van der Waals surface area contributed by atoms with Gasteiger partial charge in [0.1, 0.15) is 0 Å². The number of rotatable bonds is 10. The maximum atomic E-state index is 13.4. The fourth-order valence-electron chi connectivity index (χ4n) is 4.52. The highest BCUT2D eigenvalue weighted by atomic mass is 16.4. The van der Waals surface area contributed by atoms with Crippen molar-refractivity contribution in [2.75, 3.05) is 0 Å². The van der Waals surface area contributed by atoms with E-state index in [1.165, 1.54) is 4.57 Å². The largest absolute Gasteiger partial charge is 0.478 e. The lowest BCUT2D eigenvalue weighted by atomic mass is 9.99. The van der Waals surface area contributed by atoms with Crippen molar-refractivity contribution in [1.29, 1.82) is 0 Å². The molecule has 36 heavy (non-hydrogen) atoms. The minimum absolute atomic E-state index is 0.0461. The Morgan fingerprint density at radius 1 is 0.750 bits per heavy atom. The number of hydrogen-bond acceptors (Lipinski definition) is 3. The molecule has 0 unspecified atom stereocenters. The molecule has 184 valence electrons. The third-order valence-corrected chi connectivity index (χ3v) is 6.25. The first kappa shape index (κ1) is 24.7. The molecule has 0 saturated carbocycles. The topological polar surface area (TPSA) is 102 Å². The first-order chi connectivity index (χ1) is 17.4. The summed E-state index contributed by atoms with van der Waals surface area (Å²) in [6, 6.07) is 23.8. The molecular formula is C29H28N2O5.